The number of aromatic nitrogens is 1. The fourth-order valence-electron chi connectivity index (χ4n) is 2.95. The average molecular weight is 395 g/mol. The number of amides is 1. The molecule has 2 aromatic rings. The summed E-state index contributed by atoms with van der Waals surface area (Å²) in [5.74, 6) is -0.178. The summed E-state index contributed by atoms with van der Waals surface area (Å²) in [7, 11) is 0. The lowest BCUT2D eigenvalue weighted by Gasteiger charge is -2.37. The molecule has 0 saturated carbocycles. The van der Waals surface area contributed by atoms with Crippen molar-refractivity contribution in [3.05, 3.63) is 53.7 Å². The van der Waals surface area contributed by atoms with Gasteiger partial charge in [0.2, 0.25) is 0 Å². The molecule has 1 aliphatic rings. The van der Waals surface area contributed by atoms with E-state index in [-0.39, 0.29) is 48.8 Å². The molecule has 3 rings (SSSR count). The third-order valence-electron chi connectivity index (χ3n) is 4.46. The quantitative estimate of drug-likeness (QED) is 0.832. The Morgan fingerprint density at radius 1 is 1.36 bits per heavy atom. The Morgan fingerprint density at radius 3 is 2.86 bits per heavy atom. The minimum Gasteiger partial charge on any atom is -0.394 e. The van der Waals surface area contributed by atoms with Crippen LogP contribution in [0.25, 0.3) is 0 Å². The Kier molecular flexibility index (Phi) is 5.85. The molecule has 0 aliphatic carbocycles. The van der Waals surface area contributed by atoms with Crippen LogP contribution in [0.15, 0.2) is 42.6 Å². The highest BCUT2D eigenvalue weighted by Gasteiger charge is 2.32. The number of halogens is 3. The molecule has 2 N–H and O–H groups in total. The van der Waals surface area contributed by atoms with E-state index in [1.165, 1.54) is 18.3 Å². The van der Waals surface area contributed by atoms with Gasteiger partial charge in [0.15, 0.2) is 0 Å². The topological polar surface area (TPSA) is 74.7 Å². The molecule has 1 aromatic carbocycles. The van der Waals surface area contributed by atoms with E-state index in [9.17, 15) is 23.1 Å². The maximum absolute atomic E-state index is 13.0. The molecule has 1 aromatic heterocycles. The van der Waals surface area contributed by atoms with Gasteiger partial charge in [-0.2, -0.15) is 13.2 Å². The summed E-state index contributed by atoms with van der Waals surface area (Å²) >= 11 is 0. The number of morpholine rings is 1. The number of aliphatic hydroxyl groups excluding tert-OH is 1. The molecule has 9 heteroatoms. The molecule has 0 radical (unpaired) electrons. The average Bonchev–Trinajstić information content (AvgIpc) is 2.68. The summed E-state index contributed by atoms with van der Waals surface area (Å²) in [4.78, 5) is 18.7. The Bertz CT molecular complexity index is 844. The first-order valence-corrected chi connectivity index (χ1v) is 8.72. The summed E-state index contributed by atoms with van der Waals surface area (Å²) in [5.41, 5.74) is -0.398. The maximum atomic E-state index is 13.0. The van der Waals surface area contributed by atoms with Crippen molar-refractivity contribution in [3.8, 4) is 0 Å². The zero-order valence-electron chi connectivity index (χ0n) is 15.1. The van der Waals surface area contributed by atoms with Crippen molar-refractivity contribution in [1.82, 2.24) is 9.88 Å². The largest absolute Gasteiger partial charge is 0.416 e. The molecule has 6 nitrogen and oxygen atoms in total. The molecule has 2 heterocycles. The van der Waals surface area contributed by atoms with Crippen LogP contribution >= 0.6 is 0 Å². The Labute approximate surface area is 159 Å². The van der Waals surface area contributed by atoms with Gasteiger partial charge in [0.1, 0.15) is 5.82 Å². The second kappa shape index (κ2) is 8.15. The zero-order chi connectivity index (χ0) is 20.3. The van der Waals surface area contributed by atoms with Gasteiger partial charge in [-0.05, 0) is 37.3 Å². The number of anilines is 2. The van der Waals surface area contributed by atoms with Gasteiger partial charge in [0.05, 0.1) is 36.5 Å². The number of carbonyl (C=O) groups is 1. The van der Waals surface area contributed by atoms with Crippen molar-refractivity contribution in [2.24, 2.45) is 0 Å². The Balaban J connectivity index is 1.86. The van der Waals surface area contributed by atoms with E-state index in [2.05, 4.69) is 10.3 Å². The highest BCUT2D eigenvalue weighted by molar-refractivity contribution is 5.99. The van der Waals surface area contributed by atoms with Gasteiger partial charge in [-0.3, -0.25) is 4.79 Å². The van der Waals surface area contributed by atoms with Crippen molar-refractivity contribution >= 4 is 17.4 Å². The van der Waals surface area contributed by atoms with Gasteiger partial charge in [-0.25, -0.2) is 4.98 Å². The van der Waals surface area contributed by atoms with Crippen molar-refractivity contribution in [3.63, 3.8) is 0 Å². The lowest BCUT2D eigenvalue weighted by molar-refractivity contribution is -0.137. The summed E-state index contributed by atoms with van der Waals surface area (Å²) in [6.45, 7) is 2.11. The number of nitrogens with zero attached hydrogens (tertiary/aromatic N) is 2. The van der Waals surface area contributed by atoms with Gasteiger partial charge >= 0.3 is 6.18 Å². The van der Waals surface area contributed by atoms with Gasteiger partial charge in [-0.15, -0.1) is 0 Å². The molecule has 1 saturated heterocycles. The van der Waals surface area contributed by atoms with Gasteiger partial charge < -0.3 is 20.1 Å². The minimum atomic E-state index is -4.47. The summed E-state index contributed by atoms with van der Waals surface area (Å²) in [6, 6.07) is 7.61. The van der Waals surface area contributed by atoms with E-state index in [1.54, 1.807) is 17.0 Å². The van der Waals surface area contributed by atoms with E-state index in [4.69, 9.17) is 4.74 Å². The molecule has 1 fully saturated rings. The smallest absolute Gasteiger partial charge is 0.394 e. The van der Waals surface area contributed by atoms with Gasteiger partial charge in [-0.1, -0.05) is 6.07 Å². The van der Waals surface area contributed by atoms with Crippen LogP contribution in [0, 0.1) is 0 Å². The molecular weight excluding hydrogens is 375 g/mol. The van der Waals surface area contributed by atoms with Crippen LogP contribution in [0.4, 0.5) is 24.7 Å². The van der Waals surface area contributed by atoms with Crippen LogP contribution in [0.3, 0.4) is 0 Å². The predicted molar refractivity (Wildman–Crippen MR) is 96.3 cm³/mol. The number of ether oxygens (including phenoxy) is 1. The fraction of sp³-hybridized carbons (Fsp3) is 0.368. The molecular formula is C19H20F3N3O3. The molecule has 1 aliphatic heterocycles. The van der Waals surface area contributed by atoms with Crippen molar-refractivity contribution < 1.29 is 27.8 Å². The Morgan fingerprint density at radius 2 is 2.14 bits per heavy atom. The van der Waals surface area contributed by atoms with E-state index in [1.807, 2.05) is 6.92 Å². The number of aliphatic hydroxyl groups is 1. The number of carbonyl (C=O) groups excluding carboxylic acids is 1. The lowest BCUT2D eigenvalue weighted by Crippen LogP contribution is -2.52. The molecule has 150 valence electrons. The number of nitrogens with one attached hydrogen (secondary N) is 1. The molecule has 2 atom stereocenters. The Hall–Kier alpha value is -2.65. The van der Waals surface area contributed by atoms with Crippen molar-refractivity contribution in [2.45, 2.75) is 25.2 Å². The normalized spacial score (nSPS) is 20.1. The minimum absolute atomic E-state index is 0.158. The third kappa shape index (κ3) is 4.42. The van der Waals surface area contributed by atoms with E-state index >= 15 is 0 Å². The van der Waals surface area contributed by atoms with Crippen LogP contribution in [0.5, 0.6) is 0 Å². The monoisotopic (exact) mass is 395 g/mol. The zero-order valence-corrected chi connectivity index (χ0v) is 15.1. The maximum Gasteiger partial charge on any atom is 0.416 e. The summed E-state index contributed by atoms with van der Waals surface area (Å²) in [6.07, 6.45) is -3.49. The molecule has 28 heavy (non-hydrogen) atoms. The van der Waals surface area contributed by atoms with Crippen LogP contribution < -0.4 is 5.32 Å². The van der Waals surface area contributed by atoms with Crippen LogP contribution in [0.2, 0.25) is 0 Å². The lowest BCUT2D eigenvalue weighted by atomic mass is 10.1. The van der Waals surface area contributed by atoms with E-state index in [0.717, 1.165) is 12.1 Å². The second-order valence-corrected chi connectivity index (χ2v) is 6.55. The summed E-state index contributed by atoms with van der Waals surface area (Å²) in [5, 5.41) is 12.1. The number of benzene rings is 1. The van der Waals surface area contributed by atoms with Crippen LogP contribution in [0.1, 0.15) is 22.8 Å². The highest BCUT2D eigenvalue weighted by atomic mass is 19.4. The number of rotatable bonds is 4. The molecule has 1 amide bonds. The molecule has 0 bridgehead atoms. The second-order valence-electron chi connectivity index (χ2n) is 6.55. The summed E-state index contributed by atoms with van der Waals surface area (Å²) < 4.78 is 44.2. The highest BCUT2D eigenvalue weighted by Crippen LogP contribution is 2.31. The fourth-order valence-corrected chi connectivity index (χ4v) is 2.95. The number of pyridine rings is 1. The van der Waals surface area contributed by atoms with E-state index < -0.39 is 17.8 Å². The molecule has 0 spiro atoms. The first-order valence-electron chi connectivity index (χ1n) is 8.72. The van der Waals surface area contributed by atoms with Gasteiger partial charge in [0, 0.05) is 18.4 Å². The van der Waals surface area contributed by atoms with Crippen LogP contribution in [-0.2, 0) is 10.9 Å². The van der Waals surface area contributed by atoms with Crippen molar-refractivity contribution in [1.29, 1.82) is 0 Å². The number of hydrogen-bond acceptors (Lipinski definition) is 5. The predicted octanol–water partition coefficient (Wildman–Crippen LogP) is 3.07. The first-order chi connectivity index (χ1) is 13.3. The van der Waals surface area contributed by atoms with Crippen molar-refractivity contribution in [2.75, 3.05) is 25.1 Å². The van der Waals surface area contributed by atoms with Crippen LogP contribution in [-0.4, -0.2) is 52.8 Å². The number of hydrogen-bond donors (Lipinski definition) is 2. The standard InChI is InChI=1S/C19H20F3N3O3/c1-12-11-28-15(10-26)9-25(12)18(27)16-6-3-7-23-17(16)24-14-5-2-4-13(8-14)19(20,21)22/h2-8,12,15,26H,9-11H2,1H3,(H,23,24)/t12-,15+/m1/s1. The first kappa shape index (κ1) is 20.1. The number of alkyl halides is 3. The third-order valence-corrected chi connectivity index (χ3v) is 4.46. The van der Waals surface area contributed by atoms with Gasteiger partial charge in [0.25, 0.3) is 5.91 Å². The SMILES string of the molecule is C[C@@H]1CO[C@H](CO)CN1C(=O)c1cccnc1Nc1cccc(C(F)(F)F)c1. The van der Waals surface area contributed by atoms with E-state index in [0.29, 0.717) is 0 Å². The molecule has 0 unspecified atom stereocenters.